The molecule has 5 nitrogen and oxygen atoms in total. The van der Waals surface area contributed by atoms with Crippen molar-refractivity contribution in [1.82, 2.24) is 9.88 Å². The van der Waals surface area contributed by atoms with Crippen molar-refractivity contribution in [1.29, 1.82) is 5.26 Å². The van der Waals surface area contributed by atoms with Crippen molar-refractivity contribution >= 4 is 11.5 Å². The Morgan fingerprint density at radius 1 is 1.56 bits per heavy atom. The summed E-state index contributed by atoms with van der Waals surface area (Å²) >= 11 is 0. The van der Waals surface area contributed by atoms with Gasteiger partial charge < -0.3 is 16.0 Å². The molecule has 0 aliphatic heterocycles. The van der Waals surface area contributed by atoms with Gasteiger partial charge in [-0.05, 0) is 39.9 Å². The molecule has 0 bridgehead atoms. The van der Waals surface area contributed by atoms with E-state index in [9.17, 15) is 0 Å². The number of nitrogens with two attached hydrogens (primary N) is 1. The van der Waals surface area contributed by atoms with Gasteiger partial charge in [-0.1, -0.05) is 0 Å². The van der Waals surface area contributed by atoms with Crippen LogP contribution in [0, 0.1) is 11.3 Å². The maximum Gasteiger partial charge on any atom is 0.144 e. The number of nitrogen functional groups attached to an aromatic ring is 1. The molecule has 0 spiro atoms. The molecular formula is C13H21N5. The first-order chi connectivity index (χ1) is 8.54. The van der Waals surface area contributed by atoms with Gasteiger partial charge in [-0.2, -0.15) is 5.26 Å². The molecule has 98 valence electrons. The van der Waals surface area contributed by atoms with Crippen LogP contribution in [0.25, 0.3) is 0 Å². The van der Waals surface area contributed by atoms with Crippen molar-refractivity contribution in [3.05, 3.63) is 17.8 Å². The van der Waals surface area contributed by atoms with Gasteiger partial charge in [0.1, 0.15) is 11.9 Å². The summed E-state index contributed by atoms with van der Waals surface area (Å²) in [5.74, 6) is 0.610. The second-order valence-electron chi connectivity index (χ2n) is 4.63. The van der Waals surface area contributed by atoms with Crippen LogP contribution in [-0.2, 0) is 0 Å². The van der Waals surface area contributed by atoms with Crippen LogP contribution in [0.3, 0.4) is 0 Å². The van der Waals surface area contributed by atoms with Crippen LogP contribution in [0.15, 0.2) is 12.3 Å². The van der Waals surface area contributed by atoms with E-state index in [1.54, 1.807) is 12.3 Å². The van der Waals surface area contributed by atoms with E-state index in [1.807, 2.05) is 0 Å². The molecule has 0 amide bonds. The Morgan fingerprint density at radius 3 is 2.89 bits per heavy atom. The predicted octanol–water partition coefficient (Wildman–Crippen LogP) is 1.68. The number of rotatable bonds is 6. The smallest absolute Gasteiger partial charge is 0.144 e. The van der Waals surface area contributed by atoms with Crippen molar-refractivity contribution in [2.75, 3.05) is 31.2 Å². The third kappa shape index (κ3) is 4.22. The Bertz CT molecular complexity index is 422. The molecule has 0 saturated heterocycles. The molecule has 5 heteroatoms. The first-order valence-corrected chi connectivity index (χ1v) is 6.14. The Hall–Kier alpha value is -1.80. The highest BCUT2D eigenvalue weighted by Crippen LogP contribution is 2.13. The van der Waals surface area contributed by atoms with E-state index in [1.165, 1.54) is 0 Å². The van der Waals surface area contributed by atoms with Crippen LogP contribution in [0.4, 0.5) is 11.5 Å². The number of hydrogen-bond donors (Lipinski definition) is 2. The molecule has 0 radical (unpaired) electrons. The minimum atomic E-state index is 0.493. The summed E-state index contributed by atoms with van der Waals surface area (Å²) in [5.41, 5.74) is 6.59. The number of nitriles is 1. The molecule has 1 rings (SSSR count). The van der Waals surface area contributed by atoms with Gasteiger partial charge in [0.15, 0.2) is 0 Å². The average Bonchev–Trinajstić information content (AvgIpc) is 2.35. The molecule has 0 unspecified atom stereocenters. The fourth-order valence-electron chi connectivity index (χ4n) is 1.50. The van der Waals surface area contributed by atoms with Crippen molar-refractivity contribution in [2.45, 2.75) is 26.3 Å². The molecule has 0 aliphatic carbocycles. The molecule has 0 atom stereocenters. The monoisotopic (exact) mass is 247 g/mol. The topological polar surface area (TPSA) is 78.0 Å². The lowest BCUT2D eigenvalue weighted by Gasteiger charge is -2.20. The van der Waals surface area contributed by atoms with Gasteiger partial charge in [-0.25, -0.2) is 4.98 Å². The lowest BCUT2D eigenvalue weighted by molar-refractivity contribution is 0.273. The number of aromatic nitrogens is 1. The van der Waals surface area contributed by atoms with Crippen LogP contribution >= 0.6 is 0 Å². The highest BCUT2D eigenvalue weighted by molar-refractivity contribution is 5.57. The summed E-state index contributed by atoms with van der Waals surface area (Å²) in [4.78, 5) is 6.41. The third-order valence-electron chi connectivity index (χ3n) is 2.89. The largest absolute Gasteiger partial charge is 0.397 e. The fourth-order valence-corrected chi connectivity index (χ4v) is 1.50. The second kappa shape index (κ2) is 6.82. The van der Waals surface area contributed by atoms with E-state index in [-0.39, 0.29) is 0 Å². The molecule has 0 fully saturated rings. The molecule has 1 aromatic heterocycles. The van der Waals surface area contributed by atoms with E-state index in [2.05, 4.69) is 42.2 Å². The number of hydrogen-bond acceptors (Lipinski definition) is 5. The van der Waals surface area contributed by atoms with E-state index in [0.717, 1.165) is 19.5 Å². The zero-order valence-corrected chi connectivity index (χ0v) is 11.3. The minimum absolute atomic E-state index is 0.493. The molecule has 1 aromatic rings. The number of anilines is 2. The normalized spacial score (nSPS) is 10.7. The van der Waals surface area contributed by atoms with Crippen molar-refractivity contribution in [2.24, 2.45) is 0 Å². The standard InChI is InChI=1S/C13H21N5/c1-10(2)18(3)6-4-5-16-13-11(8-14)7-12(15)9-17-13/h7,9-10H,4-6,15H2,1-3H3,(H,16,17). The van der Waals surface area contributed by atoms with E-state index in [0.29, 0.717) is 23.1 Å². The Labute approximate surface area is 109 Å². The summed E-state index contributed by atoms with van der Waals surface area (Å²) < 4.78 is 0. The first-order valence-electron chi connectivity index (χ1n) is 6.14. The van der Waals surface area contributed by atoms with E-state index >= 15 is 0 Å². The van der Waals surface area contributed by atoms with Crippen LogP contribution in [0.1, 0.15) is 25.8 Å². The molecule has 0 aliphatic rings. The summed E-state index contributed by atoms with van der Waals surface area (Å²) in [6, 6.07) is 4.27. The summed E-state index contributed by atoms with van der Waals surface area (Å²) in [7, 11) is 2.10. The zero-order valence-electron chi connectivity index (χ0n) is 11.3. The molecule has 0 saturated carbocycles. The van der Waals surface area contributed by atoms with Crippen LogP contribution in [0.2, 0.25) is 0 Å². The first kappa shape index (κ1) is 14.3. The lowest BCUT2D eigenvalue weighted by atomic mass is 10.2. The maximum absolute atomic E-state index is 8.97. The Kier molecular flexibility index (Phi) is 5.40. The highest BCUT2D eigenvalue weighted by Gasteiger charge is 2.05. The van der Waals surface area contributed by atoms with Crippen molar-refractivity contribution in [3.63, 3.8) is 0 Å². The molecule has 0 aromatic carbocycles. The number of pyridine rings is 1. The van der Waals surface area contributed by atoms with Gasteiger partial charge in [-0.3, -0.25) is 0 Å². The Morgan fingerprint density at radius 2 is 2.28 bits per heavy atom. The van der Waals surface area contributed by atoms with Gasteiger partial charge in [0.25, 0.3) is 0 Å². The minimum Gasteiger partial charge on any atom is -0.397 e. The van der Waals surface area contributed by atoms with Crippen LogP contribution in [0.5, 0.6) is 0 Å². The predicted molar refractivity (Wildman–Crippen MR) is 74.2 cm³/mol. The molecule has 18 heavy (non-hydrogen) atoms. The Balaban J connectivity index is 2.43. The molecular weight excluding hydrogens is 226 g/mol. The van der Waals surface area contributed by atoms with E-state index in [4.69, 9.17) is 11.0 Å². The summed E-state index contributed by atoms with van der Waals surface area (Å²) in [6.45, 7) is 6.15. The third-order valence-corrected chi connectivity index (χ3v) is 2.89. The highest BCUT2D eigenvalue weighted by atomic mass is 15.1. The van der Waals surface area contributed by atoms with Gasteiger partial charge in [0, 0.05) is 12.6 Å². The summed E-state index contributed by atoms with van der Waals surface area (Å²) in [6.07, 6.45) is 2.56. The van der Waals surface area contributed by atoms with Gasteiger partial charge in [0.05, 0.1) is 17.4 Å². The van der Waals surface area contributed by atoms with Crippen LogP contribution in [-0.4, -0.2) is 36.1 Å². The zero-order chi connectivity index (χ0) is 13.5. The van der Waals surface area contributed by atoms with Gasteiger partial charge >= 0.3 is 0 Å². The van der Waals surface area contributed by atoms with Gasteiger partial charge in [-0.15, -0.1) is 0 Å². The molecule has 1 heterocycles. The molecule has 3 N–H and O–H groups in total. The van der Waals surface area contributed by atoms with Crippen molar-refractivity contribution in [3.8, 4) is 6.07 Å². The quantitative estimate of drug-likeness (QED) is 0.748. The number of nitrogens with zero attached hydrogens (tertiary/aromatic N) is 3. The van der Waals surface area contributed by atoms with Crippen LogP contribution < -0.4 is 11.1 Å². The lowest BCUT2D eigenvalue weighted by Crippen LogP contribution is -2.28. The summed E-state index contributed by atoms with van der Waals surface area (Å²) in [5, 5.41) is 12.1. The maximum atomic E-state index is 8.97. The van der Waals surface area contributed by atoms with Gasteiger partial charge in [0.2, 0.25) is 0 Å². The SMILES string of the molecule is CC(C)N(C)CCCNc1ncc(N)cc1C#N. The number of nitrogens with one attached hydrogen (secondary N) is 1. The van der Waals surface area contributed by atoms with E-state index < -0.39 is 0 Å². The second-order valence-corrected chi connectivity index (χ2v) is 4.63. The average molecular weight is 247 g/mol. The fraction of sp³-hybridized carbons (Fsp3) is 0.538. The van der Waals surface area contributed by atoms with Crippen molar-refractivity contribution < 1.29 is 0 Å².